The first-order valence-electron chi connectivity index (χ1n) is 7.53. The molecule has 3 unspecified atom stereocenters. The molecule has 3 aliphatic rings. The summed E-state index contributed by atoms with van der Waals surface area (Å²) in [6.45, 7) is 2.20. The second-order valence-electron chi connectivity index (χ2n) is 6.58. The van der Waals surface area contributed by atoms with Crippen molar-refractivity contribution in [2.75, 3.05) is 0 Å². The molecule has 98 valence electrons. The summed E-state index contributed by atoms with van der Waals surface area (Å²) in [5.41, 5.74) is 4.08. The molecule has 1 nitrogen and oxygen atoms in total. The fourth-order valence-electron chi connectivity index (χ4n) is 4.50. The Morgan fingerprint density at radius 2 is 2.16 bits per heavy atom. The summed E-state index contributed by atoms with van der Waals surface area (Å²) < 4.78 is 0. The molecule has 0 radical (unpaired) electrons. The maximum Gasteiger partial charge on any atom is 0.144 e. The SMILES string of the molecule is CCc1ccc2c(c1)CC1(CC3C=CC1C3)C(=O)C2. The van der Waals surface area contributed by atoms with E-state index in [0.29, 0.717) is 24.0 Å². The topological polar surface area (TPSA) is 17.1 Å². The second-order valence-corrected chi connectivity index (χ2v) is 6.58. The lowest BCUT2D eigenvalue weighted by atomic mass is 9.63. The van der Waals surface area contributed by atoms with Gasteiger partial charge in [0.1, 0.15) is 5.78 Å². The molecule has 3 aliphatic carbocycles. The summed E-state index contributed by atoms with van der Waals surface area (Å²) in [5.74, 6) is 1.69. The smallest absolute Gasteiger partial charge is 0.144 e. The zero-order chi connectivity index (χ0) is 13.0. The highest BCUT2D eigenvalue weighted by Gasteiger charge is 2.54. The quantitative estimate of drug-likeness (QED) is 0.699. The minimum absolute atomic E-state index is 0.0429. The van der Waals surface area contributed by atoms with Crippen LogP contribution in [0.4, 0.5) is 0 Å². The standard InChI is InChI=1S/C18H20O/c1-2-12-3-5-14-9-17(19)18(11-15(14)7-12)10-13-4-6-16(18)8-13/h3-7,13,16H,2,8-11H2,1H3. The number of carbonyl (C=O) groups is 1. The average molecular weight is 252 g/mol. The Bertz CT molecular complexity index is 583. The molecule has 1 aromatic rings. The molecule has 1 saturated carbocycles. The van der Waals surface area contributed by atoms with Crippen LogP contribution in [-0.4, -0.2) is 5.78 Å². The number of benzene rings is 1. The zero-order valence-corrected chi connectivity index (χ0v) is 11.5. The van der Waals surface area contributed by atoms with Gasteiger partial charge in [0.05, 0.1) is 0 Å². The predicted octanol–water partition coefficient (Wildman–Crippen LogP) is 3.50. The van der Waals surface area contributed by atoms with Crippen molar-refractivity contribution in [3.05, 3.63) is 47.0 Å². The molecule has 1 aromatic carbocycles. The van der Waals surface area contributed by atoms with E-state index in [4.69, 9.17) is 0 Å². The number of Topliss-reactive ketones (excluding diaryl/α,β-unsaturated/α-hetero) is 1. The molecule has 0 aromatic heterocycles. The number of aryl methyl sites for hydroxylation is 1. The minimum Gasteiger partial charge on any atom is -0.299 e. The summed E-state index contributed by atoms with van der Waals surface area (Å²) in [6, 6.07) is 6.71. The van der Waals surface area contributed by atoms with Crippen molar-refractivity contribution < 1.29 is 4.79 Å². The first-order valence-corrected chi connectivity index (χ1v) is 7.53. The van der Waals surface area contributed by atoms with E-state index in [0.717, 1.165) is 19.3 Å². The van der Waals surface area contributed by atoms with Gasteiger partial charge in [-0.1, -0.05) is 37.3 Å². The van der Waals surface area contributed by atoms with Crippen molar-refractivity contribution >= 4 is 5.78 Å². The molecule has 1 heteroatoms. The van der Waals surface area contributed by atoms with Crippen molar-refractivity contribution in [1.82, 2.24) is 0 Å². The first kappa shape index (κ1) is 11.5. The lowest BCUT2D eigenvalue weighted by molar-refractivity contribution is -0.130. The lowest BCUT2D eigenvalue weighted by Crippen LogP contribution is -2.41. The van der Waals surface area contributed by atoms with Gasteiger partial charge in [0.25, 0.3) is 0 Å². The second kappa shape index (κ2) is 3.82. The van der Waals surface area contributed by atoms with Crippen LogP contribution in [0.25, 0.3) is 0 Å². The van der Waals surface area contributed by atoms with Crippen LogP contribution in [0.2, 0.25) is 0 Å². The minimum atomic E-state index is -0.0429. The summed E-state index contributed by atoms with van der Waals surface area (Å²) in [5, 5.41) is 0. The number of ketones is 1. The number of rotatable bonds is 1. The van der Waals surface area contributed by atoms with Gasteiger partial charge in [-0.3, -0.25) is 4.79 Å². The van der Waals surface area contributed by atoms with Crippen LogP contribution >= 0.6 is 0 Å². The van der Waals surface area contributed by atoms with E-state index in [1.807, 2.05) is 0 Å². The fourth-order valence-corrected chi connectivity index (χ4v) is 4.50. The molecule has 1 fully saturated rings. The van der Waals surface area contributed by atoms with Gasteiger partial charge in [0.2, 0.25) is 0 Å². The molecule has 1 spiro atoms. The van der Waals surface area contributed by atoms with Crippen molar-refractivity contribution in [2.24, 2.45) is 17.3 Å². The van der Waals surface area contributed by atoms with E-state index in [1.165, 1.54) is 23.1 Å². The maximum absolute atomic E-state index is 12.7. The van der Waals surface area contributed by atoms with Crippen LogP contribution in [0.1, 0.15) is 36.5 Å². The summed E-state index contributed by atoms with van der Waals surface area (Å²) >= 11 is 0. The summed E-state index contributed by atoms with van der Waals surface area (Å²) in [4.78, 5) is 12.7. The van der Waals surface area contributed by atoms with Crippen LogP contribution in [0.3, 0.4) is 0 Å². The Labute approximate surface area is 114 Å². The maximum atomic E-state index is 12.7. The molecule has 4 rings (SSSR count). The number of allylic oxidation sites excluding steroid dienone is 2. The molecular formula is C18H20O. The molecule has 3 atom stereocenters. The van der Waals surface area contributed by atoms with Gasteiger partial charge in [0, 0.05) is 11.8 Å². The normalized spacial score (nSPS) is 35.1. The van der Waals surface area contributed by atoms with Gasteiger partial charge < -0.3 is 0 Å². The Balaban J connectivity index is 1.77. The molecule has 0 aliphatic heterocycles. The molecule has 0 N–H and O–H groups in total. The van der Waals surface area contributed by atoms with Gasteiger partial charge in [-0.2, -0.15) is 0 Å². The van der Waals surface area contributed by atoms with Crippen LogP contribution < -0.4 is 0 Å². The third-order valence-corrected chi connectivity index (χ3v) is 5.60. The average Bonchev–Trinajstić information content (AvgIpc) is 3.01. The number of carbonyl (C=O) groups excluding carboxylic acids is 1. The number of fused-ring (bicyclic) bond motifs is 4. The van der Waals surface area contributed by atoms with Gasteiger partial charge in [-0.05, 0) is 54.2 Å². The number of hydrogen-bond donors (Lipinski definition) is 0. The molecule has 0 heterocycles. The highest BCUT2D eigenvalue weighted by molar-refractivity contribution is 5.90. The van der Waals surface area contributed by atoms with E-state index >= 15 is 0 Å². The highest BCUT2D eigenvalue weighted by atomic mass is 16.1. The lowest BCUT2D eigenvalue weighted by Gasteiger charge is -2.38. The van der Waals surface area contributed by atoms with Crippen molar-refractivity contribution in [1.29, 1.82) is 0 Å². The van der Waals surface area contributed by atoms with E-state index in [2.05, 4.69) is 37.3 Å². The molecule has 2 bridgehead atoms. The van der Waals surface area contributed by atoms with E-state index < -0.39 is 0 Å². The monoisotopic (exact) mass is 252 g/mol. The third-order valence-electron chi connectivity index (χ3n) is 5.60. The van der Waals surface area contributed by atoms with Crippen molar-refractivity contribution in [3.8, 4) is 0 Å². The molecule has 0 amide bonds. The van der Waals surface area contributed by atoms with Gasteiger partial charge in [-0.15, -0.1) is 0 Å². The van der Waals surface area contributed by atoms with Crippen LogP contribution in [0.5, 0.6) is 0 Å². The van der Waals surface area contributed by atoms with Crippen molar-refractivity contribution in [3.63, 3.8) is 0 Å². The van der Waals surface area contributed by atoms with E-state index in [9.17, 15) is 4.79 Å². The largest absolute Gasteiger partial charge is 0.299 e. The van der Waals surface area contributed by atoms with Crippen LogP contribution in [0, 0.1) is 17.3 Å². The molecular weight excluding hydrogens is 232 g/mol. The van der Waals surface area contributed by atoms with Gasteiger partial charge in [0.15, 0.2) is 0 Å². The third kappa shape index (κ3) is 1.51. The van der Waals surface area contributed by atoms with Crippen LogP contribution in [0.15, 0.2) is 30.4 Å². The Hall–Kier alpha value is -1.37. The van der Waals surface area contributed by atoms with Crippen LogP contribution in [-0.2, 0) is 24.1 Å². The van der Waals surface area contributed by atoms with E-state index in [1.54, 1.807) is 0 Å². The molecule has 0 saturated heterocycles. The summed E-state index contributed by atoms with van der Waals surface area (Å²) in [6.07, 6.45) is 9.70. The first-order chi connectivity index (χ1) is 9.21. The number of hydrogen-bond acceptors (Lipinski definition) is 1. The highest BCUT2D eigenvalue weighted by Crippen LogP contribution is 2.56. The van der Waals surface area contributed by atoms with E-state index in [-0.39, 0.29) is 5.41 Å². The Kier molecular flexibility index (Phi) is 2.30. The predicted molar refractivity (Wildman–Crippen MR) is 76.0 cm³/mol. The van der Waals surface area contributed by atoms with Gasteiger partial charge in [-0.25, -0.2) is 0 Å². The zero-order valence-electron chi connectivity index (χ0n) is 11.5. The summed E-state index contributed by atoms with van der Waals surface area (Å²) in [7, 11) is 0. The van der Waals surface area contributed by atoms with Gasteiger partial charge >= 0.3 is 0 Å². The molecule has 19 heavy (non-hydrogen) atoms. The van der Waals surface area contributed by atoms with Crippen molar-refractivity contribution in [2.45, 2.75) is 39.0 Å². The Morgan fingerprint density at radius 3 is 2.84 bits per heavy atom. The Morgan fingerprint density at radius 1 is 1.26 bits per heavy atom. The fraction of sp³-hybridized carbons (Fsp3) is 0.500.